The molecule has 2 heterocycles. The van der Waals surface area contributed by atoms with Crippen LogP contribution in [-0.4, -0.2) is 36.1 Å². The fraction of sp³-hybridized carbons (Fsp3) is 0.250. The fourth-order valence-corrected chi connectivity index (χ4v) is 4.73. The summed E-state index contributed by atoms with van der Waals surface area (Å²) in [6, 6.07) is 25.9. The van der Waals surface area contributed by atoms with Crippen LogP contribution in [0.2, 0.25) is 5.02 Å². The van der Waals surface area contributed by atoms with Gasteiger partial charge in [-0.25, -0.2) is 0 Å². The van der Waals surface area contributed by atoms with E-state index in [1.165, 1.54) is 16.8 Å². The molecule has 1 unspecified atom stereocenters. The number of benzene rings is 3. The number of fused-ring (bicyclic) bond motifs is 1. The lowest BCUT2D eigenvalue weighted by Crippen LogP contribution is -2.47. The van der Waals surface area contributed by atoms with Crippen LogP contribution < -0.4 is 10.2 Å². The highest BCUT2D eigenvalue weighted by Gasteiger charge is 2.22. The largest absolute Gasteiger partial charge is 0.369 e. The summed E-state index contributed by atoms with van der Waals surface area (Å²) in [5, 5.41) is 5.30. The lowest BCUT2D eigenvalue weighted by Gasteiger charge is -2.39. The van der Waals surface area contributed by atoms with Crippen LogP contribution >= 0.6 is 11.6 Å². The molecule has 1 N–H and O–H groups in total. The molecule has 4 aromatic rings. The van der Waals surface area contributed by atoms with Gasteiger partial charge in [-0.05, 0) is 67.9 Å². The van der Waals surface area contributed by atoms with Gasteiger partial charge in [0.05, 0.1) is 5.52 Å². The van der Waals surface area contributed by atoms with Gasteiger partial charge >= 0.3 is 0 Å². The molecule has 5 heteroatoms. The van der Waals surface area contributed by atoms with E-state index in [4.69, 9.17) is 11.6 Å². The number of nitrogens with one attached hydrogen (secondary N) is 1. The van der Waals surface area contributed by atoms with E-state index in [1.807, 2.05) is 30.5 Å². The molecule has 33 heavy (non-hydrogen) atoms. The second-order valence-corrected chi connectivity index (χ2v) is 9.24. The predicted molar refractivity (Wildman–Crippen MR) is 140 cm³/mol. The van der Waals surface area contributed by atoms with E-state index in [0.717, 1.165) is 48.5 Å². The molecule has 0 spiro atoms. The molecule has 0 saturated carbocycles. The zero-order valence-corrected chi connectivity index (χ0v) is 19.9. The number of rotatable bonds is 5. The van der Waals surface area contributed by atoms with E-state index in [0.29, 0.717) is 11.1 Å². The average Bonchev–Trinajstić information content (AvgIpc) is 2.85. The smallest absolute Gasteiger partial charge is 0.0737 e. The standard InChI is InChI=1S/C28H29ClN4/c1-20-3-10-25(11-4-20)33-17-15-32(16-18-33)21(2)22-5-8-24(9-6-22)31-27-13-14-30-28-19-23(29)7-12-26(27)28/h3-14,19,21H,15-18H2,1-2H3,(H,30,31). The van der Waals surface area contributed by atoms with E-state index in [-0.39, 0.29) is 0 Å². The van der Waals surface area contributed by atoms with Crippen LogP contribution in [0.25, 0.3) is 10.9 Å². The first-order valence-corrected chi connectivity index (χ1v) is 11.9. The minimum Gasteiger partial charge on any atom is -0.369 e. The maximum Gasteiger partial charge on any atom is 0.0737 e. The lowest BCUT2D eigenvalue weighted by molar-refractivity contribution is 0.198. The summed E-state index contributed by atoms with van der Waals surface area (Å²) in [4.78, 5) is 9.49. The number of anilines is 3. The normalized spacial score (nSPS) is 15.5. The van der Waals surface area contributed by atoms with Gasteiger partial charge in [0.2, 0.25) is 0 Å². The quantitative estimate of drug-likeness (QED) is 0.357. The Labute approximate surface area is 200 Å². The van der Waals surface area contributed by atoms with E-state index >= 15 is 0 Å². The summed E-state index contributed by atoms with van der Waals surface area (Å²) in [7, 11) is 0. The third-order valence-electron chi connectivity index (χ3n) is 6.64. The van der Waals surface area contributed by atoms with Crippen LogP contribution in [0.15, 0.2) is 79.0 Å². The SMILES string of the molecule is Cc1ccc(N2CCN(C(C)c3ccc(Nc4ccnc5cc(Cl)ccc45)cc3)CC2)cc1. The molecule has 168 valence electrons. The van der Waals surface area contributed by atoms with Crippen LogP contribution in [0.5, 0.6) is 0 Å². The summed E-state index contributed by atoms with van der Waals surface area (Å²) >= 11 is 6.12. The molecule has 4 nitrogen and oxygen atoms in total. The Hall–Kier alpha value is -3.08. The highest BCUT2D eigenvalue weighted by molar-refractivity contribution is 6.31. The van der Waals surface area contributed by atoms with Gasteiger partial charge in [0.25, 0.3) is 0 Å². The predicted octanol–water partition coefficient (Wildman–Crippen LogP) is 6.82. The van der Waals surface area contributed by atoms with Crippen LogP contribution in [-0.2, 0) is 0 Å². The number of nitrogens with zero attached hydrogens (tertiary/aromatic N) is 3. The molecule has 0 aliphatic carbocycles. The van der Waals surface area contributed by atoms with Gasteiger partial charge in [0, 0.05) is 65.9 Å². The number of pyridine rings is 1. The summed E-state index contributed by atoms with van der Waals surface area (Å²) in [6.07, 6.45) is 1.81. The first-order valence-electron chi connectivity index (χ1n) is 11.5. The Morgan fingerprint density at radius 1 is 0.879 bits per heavy atom. The van der Waals surface area contributed by atoms with E-state index in [9.17, 15) is 0 Å². The molecule has 1 aliphatic rings. The van der Waals surface area contributed by atoms with E-state index in [1.54, 1.807) is 0 Å². The lowest BCUT2D eigenvalue weighted by atomic mass is 10.0. The van der Waals surface area contributed by atoms with Crippen molar-refractivity contribution in [3.63, 3.8) is 0 Å². The average molecular weight is 457 g/mol. The fourth-order valence-electron chi connectivity index (χ4n) is 4.56. The highest BCUT2D eigenvalue weighted by Crippen LogP contribution is 2.29. The second kappa shape index (κ2) is 9.42. The van der Waals surface area contributed by atoms with Gasteiger partial charge in [-0.1, -0.05) is 41.4 Å². The van der Waals surface area contributed by atoms with Crippen LogP contribution in [0.3, 0.4) is 0 Å². The van der Waals surface area contributed by atoms with Gasteiger partial charge in [0.1, 0.15) is 0 Å². The number of piperazine rings is 1. The molecule has 1 atom stereocenters. The van der Waals surface area contributed by atoms with Crippen molar-refractivity contribution in [2.75, 3.05) is 36.4 Å². The Kier molecular flexibility index (Phi) is 6.21. The molecule has 1 aromatic heterocycles. The van der Waals surface area contributed by atoms with Gasteiger partial charge in [0.15, 0.2) is 0 Å². The molecule has 1 aliphatic heterocycles. The van der Waals surface area contributed by atoms with Crippen molar-refractivity contribution in [1.82, 2.24) is 9.88 Å². The van der Waals surface area contributed by atoms with Crippen molar-refractivity contribution in [1.29, 1.82) is 0 Å². The highest BCUT2D eigenvalue weighted by atomic mass is 35.5. The van der Waals surface area contributed by atoms with E-state index in [2.05, 4.69) is 82.5 Å². The molecule has 1 fully saturated rings. The molecule has 0 bridgehead atoms. The topological polar surface area (TPSA) is 31.4 Å². The van der Waals surface area contributed by atoms with Gasteiger partial charge < -0.3 is 10.2 Å². The summed E-state index contributed by atoms with van der Waals surface area (Å²) in [5.74, 6) is 0. The monoisotopic (exact) mass is 456 g/mol. The molecule has 0 amide bonds. The van der Waals surface area contributed by atoms with Crippen molar-refractivity contribution < 1.29 is 0 Å². The van der Waals surface area contributed by atoms with Crippen molar-refractivity contribution in [3.8, 4) is 0 Å². The Balaban J connectivity index is 1.23. The summed E-state index contributed by atoms with van der Waals surface area (Å²) < 4.78 is 0. The summed E-state index contributed by atoms with van der Waals surface area (Å²) in [5.41, 5.74) is 6.97. The van der Waals surface area contributed by atoms with Crippen molar-refractivity contribution in [3.05, 3.63) is 95.1 Å². The van der Waals surface area contributed by atoms with Gasteiger partial charge in [-0.2, -0.15) is 0 Å². The number of hydrogen-bond acceptors (Lipinski definition) is 4. The minimum absolute atomic E-state index is 0.392. The maximum absolute atomic E-state index is 6.12. The van der Waals surface area contributed by atoms with Crippen LogP contribution in [0.4, 0.5) is 17.1 Å². The molecule has 5 rings (SSSR count). The Morgan fingerprint density at radius 3 is 2.33 bits per heavy atom. The molecule has 3 aromatic carbocycles. The maximum atomic E-state index is 6.12. The first-order chi connectivity index (χ1) is 16.1. The van der Waals surface area contributed by atoms with E-state index < -0.39 is 0 Å². The third-order valence-corrected chi connectivity index (χ3v) is 6.87. The Bertz CT molecular complexity index is 1230. The van der Waals surface area contributed by atoms with Crippen LogP contribution in [0.1, 0.15) is 24.1 Å². The number of aryl methyl sites for hydroxylation is 1. The number of aromatic nitrogens is 1. The van der Waals surface area contributed by atoms with Crippen molar-refractivity contribution in [2.24, 2.45) is 0 Å². The first kappa shape index (κ1) is 21.7. The van der Waals surface area contributed by atoms with Gasteiger partial charge in [-0.3, -0.25) is 9.88 Å². The van der Waals surface area contributed by atoms with Gasteiger partial charge in [-0.15, -0.1) is 0 Å². The molecule has 1 saturated heterocycles. The minimum atomic E-state index is 0.392. The molecular formula is C28H29ClN4. The zero-order valence-electron chi connectivity index (χ0n) is 19.1. The number of halogens is 1. The third kappa shape index (κ3) is 4.82. The molecular weight excluding hydrogens is 428 g/mol. The number of hydrogen-bond donors (Lipinski definition) is 1. The zero-order chi connectivity index (χ0) is 22.8. The van der Waals surface area contributed by atoms with Crippen molar-refractivity contribution in [2.45, 2.75) is 19.9 Å². The Morgan fingerprint density at radius 2 is 1.61 bits per heavy atom. The second-order valence-electron chi connectivity index (χ2n) is 8.80. The summed E-state index contributed by atoms with van der Waals surface area (Å²) in [6.45, 7) is 8.71. The van der Waals surface area contributed by atoms with Crippen LogP contribution in [0, 0.1) is 6.92 Å². The molecule has 0 radical (unpaired) electrons. The van der Waals surface area contributed by atoms with Crippen molar-refractivity contribution >= 4 is 39.6 Å².